The van der Waals surface area contributed by atoms with E-state index in [0.717, 1.165) is 17.8 Å². The average Bonchev–Trinajstić information content (AvgIpc) is 2.83. The number of ether oxygens (including phenoxy) is 1. The molecule has 0 bridgehead atoms. The number of amides is 1. The van der Waals surface area contributed by atoms with Crippen molar-refractivity contribution in [2.24, 2.45) is 11.1 Å². The maximum absolute atomic E-state index is 11.9. The summed E-state index contributed by atoms with van der Waals surface area (Å²) >= 11 is 0.843. The van der Waals surface area contributed by atoms with Gasteiger partial charge in [-0.1, -0.05) is 18.3 Å². The minimum absolute atomic E-state index is 0.0387. The second kappa shape index (κ2) is 5.16. The molecule has 0 radical (unpaired) electrons. The number of anilines is 1. The van der Waals surface area contributed by atoms with Crippen LogP contribution in [0.25, 0.3) is 0 Å². The first-order valence-corrected chi connectivity index (χ1v) is 8.08. The number of nitrogens with two attached hydrogens (primary N) is 1. The lowest BCUT2D eigenvalue weighted by atomic mass is 10.0. The van der Waals surface area contributed by atoms with Gasteiger partial charge in [0.25, 0.3) is 5.91 Å². The van der Waals surface area contributed by atoms with E-state index in [1.54, 1.807) is 0 Å². The van der Waals surface area contributed by atoms with Gasteiger partial charge in [-0.25, -0.2) is 18.5 Å². The van der Waals surface area contributed by atoms with Crippen LogP contribution < -0.4 is 10.5 Å². The molecule has 1 fully saturated rings. The first-order valence-electron chi connectivity index (χ1n) is 5.71. The van der Waals surface area contributed by atoms with E-state index >= 15 is 0 Å². The molecule has 2 atom stereocenters. The van der Waals surface area contributed by atoms with Crippen LogP contribution in [0.1, 0.15) is 19.0 Å². The van der Waals surface area contributed by atoms with E-state index in [1.807, 2.05) is 6.92 Å². The fraction of sp³-hybridized carbons (Fsp3) is 0.600. The lowest BCUT2D eigenvalue weighted by Crippen LogP contribution is -2.31. The molecule has 1 aromatic rings. The predicted octanol–water partition coefficient (Wildman–Crippen LogP) is 0.462. The number of carbonyl (C=O) groups excluding carboxylic acids is 1. The summed E-state index contributed by atoms with van der Waals surface area (Å²) in [5.74, 6) is -0.168. The van der Waals surface area contributed by atoms with E-state index in [-0.39, 0.29) is 26.9 Å². The van der Waals surface area contributed by atoms with Crippen molar-refractivity contribution < 1.29 is 17.9 Å². The van der Waals surface area contributed by atoms with E-state index in [2.05, 4.69) is 10.3 Å². The molecule has 106 valence electrons. The molecule has 0 aromatic carbocycles. The quantitative estimate of drug-likeness (QED) is 0.842. The number of thiazole rings is 1. The molecule has 0 saturated carbocycles. The van der Waals surface area contributed by atoms with Gasteiger partial charge in [0.15, 0.2) is 9.34 Å². The van der Waals surface area contributed by atoms with Gasteiger partial charge in [0.1, 0.15) is 6.10 Å². The van der Waals surface area contributed by atoms with Crippen LogP contribution in [-0.4, -0.2) is 32.0 Å². The smallest absolute Gasteiger partial charge is 0.255 e. The normalized spacial score (nSPS) is 23.5. The van der Waals surface area contributed by atoms with Crippen molar-refractivity contribution in [3.63, 3.8) is 0 Å². The first-order chi connectivity index (χ1) is 8.79. The number of aromatic nitrogens is 1. The van der Waals surface area contributed by atoms with E-state index in [4.69, 9.17) is 9.88 Å². The number of rotatable bonds is 3. The van der Waals surface area contributed by atoms with Gasteiger partial charge in [-0.2, -0.15) is 0 Å². The van der Waals surface area contributed by atoms with Crippen LogP contribution in [0.2, 0.25) is 0 Å². The number of carbonyl (C=O) groups is 1. The Balaban J connectivity index is 2.14. The van der Waals surface area contributed by atoms with E-state index in [1.165, 1.54) is 6.92 Å². The third-order valence-electron chi connectivity index (χ3n) is 2.89. The monoisotopic (exact) mass is 305 g/mol. The molecule has 19 heavy (non-hydrogen) atoms. The van der Waals surface area contributed by atoms with Crippen molar-refractivity contribution in [1.29, 1.82) is 0 Å². The highest BCUT2D eigenvalue weighted by atomic mass is 32.2. The molecule has 2 heterocycles. The highest BCUT2D eigenvalue weighted by Gasteiger charge is 2.31. The number of nitrogens with zero attached hydrogens (tertiary/aromatic N) is 1. The molecule has 7 nitrogen and oxygen atoms in total. The molecule has 9 heteroatoms. The largest absolute Gasteiger partial charge is 0.368 e. The Bertz CT molecular complexity index is 596. The van der Waals surface area contributed by atoms with Crippen molar-refractivity contribution in [3.8, 4) is 0 Å². The van der Waals surface area contributed by atoms with Gasteiger partial charge < -0.3 is 4.74 Å². The molecule has 1 aromatic heterocycles. The van der Waals surface area contributed by atoms with Crippen LogP contribution in [0.4, 0.5) is 5.13 Å². The van der Waals surface area contributed by atoms with Gasteiger partial charge in [0.05, 0.1) is 5.69 Å². The standard InChI is InChI=1S/C10H15N3O4S2/c1-5-3-4-17-7(5)8(14)13-10-12-6(2)9(18-10)19(11,15)16/h5,7H,3-4H2,1-2H3,(H2,11,15,16)(H,12,13,14). The van der Waals surface area contributed by atoms with E-state index in [9.17, 15) is 13.2 Å². The molecule has 1 saturated heterocycles. The van der Waals surface area contributed by atoms with Crippen molar-refractivity contribution in [2.75, 3.05) is 11.9 Å². The highest BCUT2D eigenvalue weighted by molar-refractivity contribution is 7.91. The SMILES string of the molecule is Cc1nc(NC(=O)C2OCCC2C)sc1S(N)(=O)=O. The topological polar surface area (TPSA) is 111 Å². The summed E-state index contributed by atoms with van der Waals surface area (Å²) in [5.41, 5.74) is 0.281. The molecule has 0 aliphatic carbocycles. The summed E-state index contributed by atoms with van der Waals surface area (Å²) in [7, 11) is -3.80. The number of hydrogen-bond donors (Lipinski definition) is 2. The zero-order valence-corrected chi connectivity index (χ0v) is 12.2. The van der Waals surface area contributed by atoms with Gasteiger partial charge in [-0.05, 0) is 19.3 Å². The Labute approximate surface area is 115 Å². The highest BCUT2D eigenvalue weighted by Crippen LogP contribution is 2.27. The molecule has 0 spiro atoms. The number of nitrogens with one attached hydrogen (secondary N) is 1. The van der Waals surface area contributed by atoms with E-state index < -0.39 is 16.1 Å². The van der Waals surface area contributed by atoms with Gasteiger partial charge in [0.2, 0.25) is 10.0 Å². The Morgan fingerprint density at radius 2 is 2.26 bits per heavy atom. The molecule has 1 aliphatic heterocycles. The van der Waals surface area contributed by atoms with Crippen molar-refractivity contribution >= 4 is 32.4 Å². The number of primary sulfonamides is 1. The summed E-state index contributed by atoms with van der Waals surface area (Å²) in [5, 5.41) is 7.84. The summed E-state index contributed by atoms with van der Waals surface area (Å²) in [4.78, 5) is 15.9. The number of aryl methyl sites for hydroxylation is 1. The number of hydrogen-bond acceptors (Lipinski definition) is 6. The molecule has 3 N–H and O–H groups in total. The van der Waals surface area contributed by atoms with Gasteiger partial charge in [-0.15, -0.1) is 0 Å². The third-order valence-corrected chi connectivity index (χ3v) is 5.52. The second-order valence-electron chi connectivity index (χ2n) is 4.48. The molecular weight excluding hydrogens is 290 g/mol. The minimum atomic E-state index is -3.80. The summed E-state index contributed by atoms with van der Waals surface area (Å²) in [6, 6.07) is 0. The first kappa shape index (κ1) is 14.4. The molecule has 2 unspecified atom stereocenters. The lowest BCUT2D eigenvalue weighted by Gasteiger charge is -2.12. The van der Waals surface area contributed by atoms with Crippen molar-refractivity contribution in [2.45, 2.75) is 30.6 Å². The molecule has 2 rings (SSSR count). The van der Waals surface area contributed by atoms with Crippen molar-refractivity contribution in [3.05, 3.63) is 5.69 Å². The summed E-state index contributed by atoms with van der Waals surface area (Å²) in [6.07, 6.45) is 0.319. The van der Waals surface area contributed by atoms with Gasteiger partial charge in [0, 0.05) is 6.61 Å². The average molecular weight is 305 g/mol. The number of sulfonamides is 1. The third kappa shape index (κ3) is 3.11. The lowest BCUT2D eigenvalue weighted by molar-refractivity contribution is -0.126. The summed E-state index contributed by atoms with van der Waals surface area (Å²) < 4.78 is 27.8. The fourth-order valence-corrected chi connectivity index (χ4v) is 3.77. The van der Waals surface area contributed by atoms with Gasteiger partial charge >= 0.3 is 0 Å². The molecule has 1 aliphatic rings. The van der Waals surface area contributed by atoms with Crippen LogP contribution in [0.5, 0.6) is 0 Å². The fourth-order valence-electron chi connectivity index (χ4n) is 1.91. The Hall–Kier alpha value is -1.03. The van der Waals surface area contributed by atoms with Crippen LogP contribution in [0.3, 0.4) is 0 Å². The maximum Gasteiger partial charge on any atom is 0.255 e. The zero-order valence-electron chi connectivity index (χ0n) is 10.5. The Morgan fingerprint density at radius 3 is 2.74 bits per heavy atom. The van der Waals surface area contributed by atoms with Crippen LogP contribution in [-0.2, 0) is 19.6 Å². The van der Waals surface area contributed by atoms with Gasteiger partial charge in [-0.3, -0.25) is 10.1 Å². The van der Waals surface area contributed by atoms with E-state index in [0.29, 0.717) is 6.61 Å². The maximum atomic E-state index is 11.9. The van der Waals surface area contributed by atoms with Crippen LogP contribution in [0, 0.1) is 12.8 Å². The molecule has 1 amide bonds. The molecular formula is C10H15N3O4S2. The predicted molar refractivity (Wildman–Crippen MR) is 70.4 cm³/mol. The minimum Gasteiger partial charge on any atom is -0.368 e. The summed E-state index contributed by atoms with van der Waals surface area (Å²) in [6.45, 7) is 4.01. The van der Waals surface area contributed by atoms with Crippen LogP contribution >= 0.6 is 11.3 Å². The Morgan fingerprint density at radius 1 is 1.58 bits per heavy atom. The zero-order chi connectivity index (χ0) is 14.2. The Kier molecular flexibility index (Phi) is 3.90. The second-order valence-corrected chi connectivity index (χ2v) is 7.24. The van der Waals surface area contributed by atoms with Crippen LogP contribution in [0.15, 0.2) is 4.21 Å². The van der Waals surface area contributed by atoms with Crippen molar-refractivity contribution in [1.82, 2.24) is 4.98 Å².